The Balaban J connectivity index is 3.44. The highest BCUT2D eigenvalue weighted by Crippen LogP contribution is 2.40. The van der Waals surface area contributed by atoms with Crippen LogP contribution in [0, 0.1) is 0 Å². The van der Waals surface area contributed by atoms with E-state index in [1.807, 2.05) is 6.92 Å². The van der Waals surface area contributed by atoms with Gasteiger partial charge in [0, 0.05) is 20.6 Å². The first kappa shape index (κ1) is 17.5. The minimum absolute atomic E-state index is 0.0152. The third-order valence-electron chi connectivity index (χ3n) is 2.74. The second-order valence-corrected chi connectivity index (χ2v) is 8.15. The van der Waals surface area contributed by atoms with Crippen molar-refractivity contribution in [1.29, 1.82) is 0 Å². The molecule has 0 bridgehead atoms. The number of sulfone groups is 1. The van der Waals surface area contributed by atoms with Crippen LogP contribution in [0.1, 0.15) is 23.5 Å². The predicted molar refractivity (Wildman–Crippen MR) is 87.8 cm³/mol. The second kappa shape index (κ2) is 6.48. The van der Waals surface area contributed by atoms with E-state index in [9.17, 15) is 13.2 Å². The molecule has 1 aromatic rings. The molecule has 3 N–H and O–H groups in total. The molecule has 0 aliphatic carbocycles. The lowest BCUT2D eigenvalue weighted by Gasteiger charge is -2.09. The number of thiophene rings is 1. The average molecular weight is 331 g/mol. The zero-order valence-electron chi connectivity index (χ0n) is 12.7. The number of carbonyl (C=O) groups is 1. The molecule has 0 aliphatic rings. The molecule has 1 aromatic heterocycles. The van der Waals surface area contributed by atoms with E-state index in [1.165, 1.54) is 4.90 Å². The Kier molecular flexibility index (Phi) is 5.41. The lowest BCUT2D eigenvalue weighted by atomic mass is 10.3. The fourth-order valence-electron chi connectivity index (χ4n) is 1.59. The number of hydrogen-bond donors (Lipinski definition) is 2. The van der Waals surface area contributed by atoms with Crippen molar-refractivity contribution < 1.29 is 13.2 Å². The van der Waals surface area contributed by atoms with Crippen LogP contribution < -0.4 is 11.1 Å². The molecule has 1 rings (SSSR count). The minimum atomic E-state index is -3.52. The molecule has 0 atom stereocenters. The van der Waals surface area contributed by atoms with Gasteiger partial charge in [-0.3, -0.25) is 4.79 Å². The van der Waals surface area contributed by atoms with Gasteiger partial charge in [0.2, 0.25) is 0 Å². The predicted octanol–water partition coefficient (Wildman–Crippen LogP) is 1.81. The van der Waals surface area contributed by atoms with E-state index < -0.39 is 9.84 Å². The van der Waals surface area contributed by atoms with E-state index in [-0.39, 0.29) is 27.1 Å². The Morgan fingerprint density at radius 2 is 2.00 bits per heavy atom. The van der Waals surface area contributed by atoms with Crippen LogP contribution in [0.4, 0.5) is 10.7 Å². The van der Waals surface area contributed by atoms with Gasteiger partial charge in [0.25, 0.3) is 5.91 Å². The number of nitrogen functional groups attached to an aromatic ring is 1. The highest BCUT2D eigenvalue weighted by Gasteiger charge is 2.29. The molecular formula is C13H21N3O3S2. The van der Waals surface area contributed by atoms with E-state index in [0.717, 1.165) is 16.9 Å². The van der Waals surface area contributed by atoms with Crippen molar-refractivity contribution in [1.82, 2.24) is 4.90 Å². The number of anilines is 2. The first-order chi connectivity index (χ1) is 9.61. The first-order valence-corrected chi connectivity index (χ1v) is 8.83. The molecule has 21 heavy (non-hydrogen) atoms. The minimum Gasteiger partial charge on any atom is -0.396 e. The Hall–Kier alpha value is -1.54. The van der Waals surface area contributed by atoms with Crippen molar-refractivity contribution in [2.75, 3.05) is 37.4 Å². The third-order valence-corrected chi connectivity index (χ3v) is 5.83. The molecular weight excluding hydrogens is 310 g/mol. The Bertz CT molecular complexity index is 660. The van der Waals surface area contributed by atoms with Crippen LogP contribution in [-0.2, 0) is 9.84 Å². The number of nitrogens with zero attached hydrogens (tertiary/aromatic N) is 1. The molecule has 8 heteroatoms. The summed E-state index contributed by atoms with van der Waals surface area (Å²) < 4.78 is 24.5. The van der Waals surface area contributed by atoms with Gasteiger partial charge in [-0.25, -0.2) is 8.42 Å². The van der Waals surface area contributed by atoms with Gasteiger partial charge in [-0.1, -0.05) is 19.1 Å². The fraction of sp³-hybridized carbons (Fsp3) is 0.462. The van der Waals surface area contributed by atoms with Gasteiger partial charge in [0.1, 0.15) is 14.8 Å². The zero-order valence-corrected chi connectivity index (χ0v) is 14.3. The maximum Gasteiger partial charge on any atom is 0.265 e. The van der Waals surface area contributed by atoms with Crippen LogP contribution in [0.2, 0.25) is 0 Å². The largest absolute Gasteiger partial charge is 0.396 e. The third kappa shape index (κ3) is 3.76. The maximum atomic E-state index is 12.2. The lowest BCUT2D eigenvalue weighted by Crippen LogP contribution is -2.21. The number of hydrogen-bond acceptors (Lipinski definition) is 6. The monoisotopic (exact) mass is 331 g/mol. The average Bonchev–Trinajstić information content (AvgIpc) is 2.72. The molecule has 1 amide bonds. The van der Waals surface area contributed by atoms with Gasteiger partial charge in [-0.2, -0.15) is 0 Å². The van der Waals surface area contributed by atoms with Crippen LogP contribution in [0.5, 0.6) is 0 Å². The van der Waals surface area contributed by atoms with Crippen LogP contribution in [0.15, 0.2) is 17.0 Å². The lowest BCUT2D eigenvalue weighted by molar-refractivity contribution is 0.0833. The molecule has 0 fully saturated rings. The summed E-state index contributed by atoms with van der Waals surface area (Å²) in [5.41, 5.74) is 6.80. The Labute approximate surface area is 129 Å². The van der Waals surface area contributed by atoms with E-state index in [2.05, 4.69) is 11.9 Å². The summed E-state index contributed by atoms with van der Waals surface area (Å²) in [6.45, 7) is 7.55. The van der Waals surface area contributed by atoms with Gasteiger partial charge in [-0.15, -0.1) is 11.3 Å². The molecule has 0 aromatic carbocycles. The molecule has 0 saturated carbocycles. The summed E-state index contributed by atoms with van der Waals surface area (Å²) in [5, 5.41) is 3.39. The van der Waals surface area contributed by atoms with Crippen molar-refractivity contribution in [3.8, 4) is 0 Å². The molecule has 0 saturated heterocycles. The molecule has 0 radical (unpaired) electrons. The van der Waals surface area contributed by atoms with Crippen LogP contribution in [-0.4, -0.2) is 45.6 Å². The summed E-state index contributed by atoms with van der Waals surface area (Å²) in [5.74, 6) is -0.390. The topological polar surface area (TPSA) is 92.5 Å². The number of amides is 1. The second-order valence-electron chi connectivity index (χ2n) is 4.92. The summed E-state index contributed by atoms with van der Waals surface area (Å²) >= 11 is 1.06. The highest BCUT2D eigenvalue weighted by molar-refractivity contribution is 7.91. The SMILES string of the molecule is C=C(C)CNc1sc(C(=O)N(C)C)c(N)c1S(=O)(=O)CC. The van der Waals surface area contributed by atoms with Gasteiger partial charge in [-0.05, 0) is 6.92 Å². The Morgan fingerprint density at radius 1 is 1.43 bits per heavy atom. The number of nitrogens with one attached hydrogen (secondary N) is 1. The molecule has 0 spiro atoms. The van der Waals surface area contributed by atoms with Crippen molar-refractivity contribution >= 4 is 37.8 Å². The van der Waals surface area contributed by atoms with Crippen LogP contribution in [0.3, 0.4) is 0 Å². The van der Waals surface area contributed by atoms with Crippen molar-refractivity contribution in [2.45, 2.75) is 18.7 Å². The van der Waals surface area contributed by atoms with Crippen molar-refractivity contribution in [3.05, 3.63) is 17.0 Å². The van der Waals surface area contributed by atoms with Crippen molar-refractivity contribution in [3.63, 3.8) is 0 Å². The fourth-order valence-corrected chi connectivity index (χ4v) is 4.28. The zero-order chi connectivity index (χ0) is 16.4. The quantitative estimate of drug-likeness (QED) is 0.776. The molecule has 0 aliphatic heterocycles. The van der Waals surface area contributed by atoms with Gasteiger partial charge in [0.05, 0.1) is 11.4 Å². The van der Waals surface area contributed by atoms with Crippen LogP contribution >= 0.6 is 11.3 Å². The van der Waals surface area contributed by atoms with Gasteiger partial charge < -0.3 is 16.0 Å². The molecule has 1 heterocycles. The summed E-state index contributed by atoms with van der Waals surface area (Å²) in [7, 11) is -0.336. The first-order valence-electron chi connectivity index (χ1n) is 6.36. The number of carbonyl (C=O) groups excluding carboxylic acids is 1. The molecule has 0 unspecified atom stereocenters. The number of nitrogens with two attached hydrogens (primary N) is 1. The van der Waals surface area contributed by atoms with Crippen LogP contribution in [0.25, 0.3) is 0 Å². The standard InChI is InChI=1S/C13H21N3O3S2/c1-6-21(18,19)11-9(14)10(13(17)16(4)5)20-12(11)15-7-8(2)3/h15H,2,6-7,14H2,1,3-5H3. The van der Waals surface area contributed by atoms with Gasteiger partial charge in [0.15, 0.2) is 9.84 Å². The summed E-state index contributed by atoms with van der Waals surface area (Å²) in [4.78, 5) is 13.7. The normalized spacial score (nSPS) is 11.2. The summed E-state index contributed by atoms with van der Waals surface area (Å²) in [6, 6.07) is 0. The smallest absolute Gasteiger partial charge is 0.265 e. The Morgan fingerprint density at radius 3 is 2.43 bits per heavy atom. The highest BCUT2D eigenvalue weighted by atomic mass is 32.2. The van der Waals surface area contributed by atoms with Gasteiger partial charge >= 0.3 is 0 Å². The summed E-state index contributed by atoms with van der Waals surface area (Å²) in [6.07, 6.45) is 0. The van der Waals surface area contributed by atoms with E-state index >= 15 is 0 Å². The van der Waals surface area contributed by atoms with Crippen molar-refractivity contribution in [2.24, 2.45) is 0 Å². The molecule has 118 valence electrons. The van der Waals surface area contributed by atoms with E-state index in [1.54, 1.807) is 21.0 Å². The maximum absolute atomic E-state index is 12.2. The van der Waals surface area contributed by atoms with E-state index in [4.69, 9.17) is 5.73 Å². The number of rotatable bonds is 6. The van der Waals surface area contributed by atoms with E-state index in [0.29, 0.717) is 11.5 Å². The molecule has 6 nitrogen and oxygen atoms in total.